The number of rotatable bonds is 41. The first-order valence-corrected chi connectivity index (χ1v) is 24.4. The van der Waals surface area contributed by atoms with Crippen LogP contribution in [0.3, 0.4) is 0 Å². The Morgan fingerprint density at radius 1 is 0.492 bits per heavy atom. The topological polar surface area (TPSA) is 95.9 Å². The van der Waals surface area contributed by atoms with Gasteiger partial charge < -0.3 is 20.3 Å². The number of ether oxygens (including phenoxy) is 1. The van der Waals surface area contributed by atoms with Crippen LogP contribution in [0.4, 0.5) is 0 Å². The molecule has 0 saturated heterocycles. The highest BCUT2D eigenvalue weighted by atomic mass is 16.5. The molecule has 0 aromatic heterocycles. The standard InChI is InChI=1S/C55H89NO5/c1-4-7-10-13-16-19-22-25-27-29-31-34-37-40-43-46-51(61-55(60)48-45-42-39-36-33-30-28-26-23-20-17-14-11-8-5-2)49-54(59)56-52(50-57)53(58)47-44-41-38-35-32-24-21-18-15-12-9-6-3/h7-8,10-11,13-14,16-17,19-20,22-23,25-29,31,34,37,51-53,57-58H,4-6,9,12,15,18,21,24,30,32-33,35-36,38-50H2,1-3H3,(H,56,59)/b10-7-,11-8+,16-13+,17-14+,22-19+,23-20+,27-25-,28-26-,31-29+,37-34+. The van der Waals surface area contributed by atoms with Crippen LogP contribution in [0.1, 0.15) is 188 Å². The molecule has 0 aliphatic heterocycles. The fraction of sp³-hybridized carbons (Fsp3) is 0.600. The maximum Gasteiger partial charge on any atom is 0.306 e. The number of carbonyl (C=O) groups excluding carboxylic acids is 2. The molecular weight excluding hydrogens is 755 g/mol. The second-order valence-electron chi connectivity index (χ2n) is 16.0. The molecule has 0 rings (SSSR count). The molecule has 0 bridgehead atoms. The van der Waals surface area contributed by atoms with Gasteiger partial charge in [0.2, 0.25) is 5.91 Å². The van der Waals surface area contributed by atoms with E-state index in [1.54, 1.807) is 0 Å². The van der Waals surface area contributed by atoms with E-state index in [0.717, 1.165) is 83.5 Å². The van der Waals surface area contributed by atoms with Crippen molar-refractivity contribution in [3.05, 3.63) is 122 Å². The van der Waals surface area contributed by atoms with Crippen molar-refractivity contribution in [1.82, 2.24) is 5.32 Å². The minimum absolute atomic E-state index is 0.00841. The number of nitrogens with one attached hydrogen (secondary N) is 1. The Bertz CT molecular complexity index is 1310. The summed E-state index contributed by atoms with van der Waals surface area (Å²) in [6.45, 7) is 6.15. The van der Waals surface area contributed by atoms with Gasteiger partial charge in [0.25, 0.3) is 0 Å². The molecule has 0 aliphatic carbocycles. The van der Waals surface area contributed by atoms with E-state index in [1.807, 2.05) is 79.0 Å². The van der Waals surface area contributed by atoms with E-state index < -0.39 is 18.2 Å². The lowest BCUT2D eigenvalue weighted by Crippen LogP contribution is -2.46. The van der Waals surface area contributed by atoms with Crippen molar-refractivity contribution < 1.29 is 24.5 Å². The van der Waals surface area contributed by atoms with Crippen molar-refractivity contribution in [2.45, 2.75) is 206 Å². The fourth-order valence-electron chi connectivity index (χ4n) is 6.65. The van der Waals surface area contributed by atoms with Crippen LogP contribution in [-0.4, -0.2) is 46.9 Å². The maximum atomic E-state index is 13.2. The molecule has 0 fully saturated rings. The Morgan fingerprint density at radius 2 is 0.902 bits per heavy atom. The first-order valence-electron chi connectivity index (χ1n) is 24.4. The Labute approximate surface area is 374 Å². The Morgan fingerprint density at radius 3 is 1.38 bits per heavy atom. The number of esters is 1. The zero-order valence-corrected chi connectivity index (χ0v) is 39.0. The molecule has 0 radical (unpaired) electrons. The number of aliphatic hydroxyl groups excluding tert-OH is 2. The van der Waals surface area contributed by atoms with Crippen LogP contribution in [-0.2, 0) is 14.3 Å². The first kappa shape index (κ1) is 57.3. The number of amides is 1. The summed E-state index contributed by atoms with van der Waals surface area (Å²) in [7, 11) is 0. The molecule has 0 saturated carbocycles. The summed E-state index contributed by atoms with van der Waals surface area (Å²) in [5.74, 6) is -0.590. The molecule has 3 N–H and O–H groups in total. The molecule has 61 heavy (non-hydrogen) atoms. The van der Waals surface area contributed by atoms with Gasteiger partial charge in [0, 0.05) is 6.42 Å². The predicted molar refractivity (Wildman–Crippen MR) is 263 cm³/mol. The summed E-state index contributed by atoms with van der Waals surface area (Å²) < 4.78 is 5.87. The minimum Gasteiger partial charge on any atom is -0.462 e. The van der Waals surface area contributed by atoms with Gasteiger partial charge in [-0.05, 0) is 57.8 Å². The highest BCUT2D eigenvalue weighted by Crippen LogP contribution is 2.16. The number of allylic oxidation sites excluding steroid dienone is 20. The van der Waals surface area contributed by atoms with E-state index in [0.29, 0.717) is 19.3 Å². The van der Waals surface area contributed by atoms with E-state index in [9.17, 15) is 19.8 Å². The monoisotopic (exact) mass is 844 g/mol. The first-order chi connectivity index (χ1) is 30.0. The van der Waals surface area contributed by atoms with Gasteiger partial charge in [0.1, 0.15) is 6.10 Å². The number of carbonyl (C=O) groups is 2. The molecule has 0 aromatic rings. The molecule has 0 spiro atoms. The SMILES string of the molecule is CC\C=C/C=C/C=C/C=C\C=C\C=C\CCCC(CC(=O)NC(CO)C(O)CCCCCCCCCCCCCC)OC(=O)CCCCCCC\C=C/C=C/C=C/C=C/CC. The van der Waals surface area contributed by atoms with Crippen LogP contribution in [0.25, 0.3) is 0 Å². The maximum absolute atomic E-state index is 13.2. The van der Waals surface area contributed by atoms with Crippen molar-refractivity contribution in [2.75, 3.05) is 6.61 Å². The number of hydrogen-bond acceptors (Lipinski definition) is 5. The second-order valence-corrected chi connectivity index (χ2v) is 16.0. The summed E-state index contributed by atoms with van der Waals surface area (Å²) >= 11 is 0. The summed E-state index contributed by atoms with van der Waals surface area (Å²) in [5.41, 5.74) is 0. The molecule has 6 nitrogen and oxygen atoms in total. The van der Waals surface area contributed by atoms with E-state index in [1.165, 1.54) is 57.8 Å². The van der Waals surface area contributed by atoms with Gasteiger partial charge in [-0.2, -0.15) is 0 Å². The van der Waals surface area contributed by atoms with Crippen molar-refractivity contribution in [3.8, 4) is 0 Å². The molecular formula is C55H89NO5. The van der Waals surface area contributed by atoms with Gasteiger partial charge in [-0.1, -0.05) is 239 Å². The van der Waals surface area contributed by atoms with E-state index in [2.05, 4.69) is 68.6 Å². The highest BCUT2D eigenvalue weighted by Gasteiger charge is 2.24. The molecule has 6 heteroatoms. The molecule has 0 heterocycles. The third-order valence-corrected chi connectivity index (χ3v) is 10.3. The molecule has 3 unspecified atom stereocenters. The van der Waals surface area contributed by atoms with Crippen molar-refractivity contribution >= 4 is 11.9 Å². The molecule has 344 valence electrons. The van der Waals surface area contributed by atoms with Crippen LogP contribution in [0.5, 0.6) is 0 Å². The quantitative estimate of drug-likeness (QED) is 0.0324. The number of aliphatic hydroxyl groups is 2. The van der Waals surface area contributed by atoms with Gasteiger partial charge in [0.15, 0.2) is 0 Å². The largest absolute Gasteiger partial charge is 0.462 e. The average Bonchev–Trinajstić information content (AvgIpc) is 3.25. The third kappa shape index (κ3) is 42.7. The molecule has 0 aliphatic rings. The van der Waals surface area contributed by atoms with Gasteiger partial charge in [-0.3, -0.25) is 9.59 Å². The van der Waals surface area contributed by atoms with Gasteiger partial charge >= 0.3 is 5.97 Å². The van der Waals surface area contributed by atoms with Crippen LogP contribution in [0.15, 0.2) is 122 Å². The van der Waals surface area contributed by atoms with E-state index in [-0.39, 0.29) is 24.9 Å². The average molecular weight is 844 g/mol. The lowest BCUT2D eigenvalue weighted by Gasteiger charge is -2.24. The van der Waals surface area contributed by atoms with Crippen LogP contribution < -0.4 is 5.32 Å². The van der Waals surface area contributed by atoms with Gasteiger partial charge in [0.05, 0.1) is 25.2 Å². The zero-order chi connectivity index (χ0) is 44.5. The lowest BCUT2D eigenvalue weighted by molar-refractivity contribution is -0.151. The Kier molecular flexibility index (Phi) is 44.4. The number of unbranched alkanes of at least 4 members (excludes halogenated alkanes) is 17. The molecule has 0 aromatic carbocycles. The molecule has 3 atom stereocenters. The minimum atomic E-state index is -0.819. The Hall–Kier alpha value is -3.74. The van der Waals surface area contributed by atoms with E-state index >= 15 is 0 Å². The van der Waals surface area contributed by atoms with Crippen LogP contribution in [0, 0.1) is 0 Å². The van der Waals surface area contributed by atoms with Crippen molar-refractivity contribution in [2.24, 2.45) is 0 Å². The predicted octanol–water partition coefficient (Wildman–Crippen LogP) is 14.5. The Balaban J connectivity index is 4.82. The summed E-state index contributed by atoms with van der Waals surface area (Å²) in [4.78, 5) is 26.1. The highest BCUT2D eigenvalue weighted by molar-refractivity contribution is 5.77. The fourth-order valence-corrected chi connectivity index (χ4v) is 6.65. The van der Waals surface area contributed by atoms with Crippen molar-refractivity contribution in [3.63, 3.8) is 0 Å². The smallest absolute Gasteiger partial charge is 0.306 e. The lowest BCUT2D eigenvalue weighted by atomic mass is 10.0. The normalized spacial score (nSPS) is 14.4. The van der Waals surface area contributed by atoms with Crippen LogP contribution >= 0.6 is 0 Å². The van der Waals surface area contributed by atoms with Crippen molar-refractivity contribution in [1.29, 1.82) is 0 Å². The van der Waals surface area contributed by atoms with Crippen LogP contribution in [0.2, 0.25) is 0 Å². The summed E-state index contributed by atoms with van der Waals surface area (Å²) in [6.07, 6.45) is 65.4. The van der Waals surface area contributed by atoms with Gasteiger partial charge in [-0.15, -0.1) is 0 Å². The summed E-state index contributed by atoms with van der Waals surface area (Å²) in [6, 6.07) is -0.739. The second kappa shape index (κ2) is 47.3. The number of hydrogen-bond donors (Lipinski definition) is 3. The molecule has 1 amide bonds. The zero-order valence-electron chi connectivity index (χ0n) is 39.0. The third-order valence-electron chi connectivity index (χ3n) is 10.3. The summed E-state index contributed by atoms with van der Waals surface area (Å²) in [5, 5.41) is 23.7. The van der Waals surface area contributed by atoms with Gasteiger partial charge in [-0.25, -0.2) is 0 Å². The van der Waals surface area contributed by atoms with E-state index in [4.69, 9.17) is 4.74 Å².